The van der Waals surface area contributed by atoms with E-state index < -0.39 is 10.1 Å². The fourth-order valence-electron chi connectivity index (χ4n) is 3.54. The van der Waals surface area contributed by atoms with E-state index in [4.69, 9.17) is 0 Å². The molecule has 3 rings (SSSR count). The van der Waals surface area contributed by atoms with Crippen molar-refractivity contribution in [2.45, 2.75) is 26.9 Å². The number of rotatable bonds is 4. The molecular weight excluding hydrogens is 515 g/mol. The Balaban J connectivity index is 0.00000225. The third-order valence-corrected chi connectivity index (χ3v) is 8.19. The van der Waals surface area contributed by atoms with Gasteiger partial charge in [0.25, 0.3) is 10.1 Å². The van der Waals surface area contributed by atoms with Gasteiger partial charge in [-0.1, -0.05) is 47.7 Å². The molecule has 0 amide bonds. The monoisotopic (exact) mass is 534 g/mol. The van der Waals surface area contributed by atoms with Crippen molar-refractivity contribution in [1.29, 1.82) is 0 Å². The van der Waals surface area contributed by atoms with Gasteiger partial charge in [0.15, 0.2) is 0 Å². The molecule has 27 heavy (non-hydrogen) atoms. The molecule has 0 atom stereocenters. The Hall–Kier alpha value is -0.0131. The zero-order valence-electron chi connectivity index (χ0n) is 15.7. The van der Waals surface area contributed by atoms with Gasteiger partial charge in [0.05, 0.1) is 19.0 Å². The maximum Gasteiger partial charge on any atom is 2.00 e. The van der Waals surface area contributed by atoms with Gasteiger partial charge in [0, 0.05) is 5.57 Å². The van der Waals surface area contributed by atoms with Gasteiger partial charge in [0.2, 0.25) is 0 Å². The molecule has 0 saturated heterocycles. The third-order valence-electron chi connectivity index (χ3n) is 4.70. The molecule has 9 heteroatoms. The van der Waals surface area contributed by atoms with Gasteiger partial charge in [-0.05, 0) is 47.8 Å². The maximum atomic E-state index is 11.8. The van der Waals surface area contributed by atoms with Crippen LogP contribution in [-0.4, -0.2) is 32.0 Å². The Labute approximate surface area is 197 Å². The number of halogens is 2. The first-order valence-electron chi connectivity index (χ1n) is 8.23. The minimum atomic E-state index is -4.22. The van der Waals surface area contributed by atoms with E-state index in [1.807, 2.05) is 13.0 Å². The van der Waals surface area contributed by atoms with Gasteiger partial charge >= 0.3 is 26.2 Å². The van der Waals surface area contributed by atoms with Crippen molar-refractivity contribution in [2.75, 3.05) is 0 Å². The minimum absolute atomic E-state index is 0. The fraction of sp³-hybridized carbons (Fsp3) is 0.222. The van der Waals surface area contributed by atoms with Crippen LogP contribution in [0.5, 0.6) is 0 Å². The summed E-state index contributed by atoms with van der Waals surface area (Å²) >= 11 is 0. The molecule has 0 aromatic heterocycles. The van der Waals surface area contributed by atoms with Gasteiger partial charge in [0.1, 0.15) is 4.91 Å². The first-order valence-corrected chi connectivity index (χ1v) is 13.9. The normalized spacial score (nSPS) is 16.3. The second-order valence-corrected chi connectivity index (χ2v) is 10.8. The van der Waals surface area contributed by atoms with Gasteiger partial charge in [-0.3, -0.25) is 4.55 Å². The molecule has 1 aromatic carbocycles. The van der Waals surface area contributed by atoms with E-state index in [1.165, 1.54) is 15.9 Å². The van der Waals surface area contributed by atoms with E-state index in [0.717, 1.165) is 16.7 Å². The molecule has 3 nitrogen and oxygen atoms in total. The van der Waals surface area contributed by atoms with Gasteiger partial charge in [-0.15, -0.1) is 0 Å². The van der Waals surface area contributed by atoms with Crippen LogP contribution in [-0.2, 0) is 36.3 Å². The smallest absolute Gasteiger partial charge is 1.00 e. The van der Waals surface area contributed by atoms with Crippen molar-refractivity contribution in [3.05, 3.63) is 63.1 Å². The molecule has 2 aliphatic rings. The molecule has 0 bridgehead atoms. The molecule has 0 fully saturated rings. The summed E-state index contributed by atoms with van der Waals surface area (Å²) in [6.45, 7) is 8.23. The van der Waals surface area contributed by atoms with Gasteiger partial charge in [-0.25, -0.2) is 0 Å². The third kappa shape index (κ3) is 5.13. The van der Waals surface area contributed by atoms with E-state index in [1.54, 1.807) is 6.92 Å². The number of hydrogen-bond acceptors (Lipinski definition) is 2. The van der Waals surface area contributed by atoms with Crippen molar-refractivity contribution in [1.82, 2.24) is 0 Å². The zero-order valence-corrected chi connectivity index (χ0v) is 23.3. The van der Waals surface area contributed by atoms with Crippen molar-refractivity contribution in [2.24, 2.45) is 0 Å². The summed E-state index contributed by atoms with van der Waals surface area (Å²) in [7, 11) is -4.72. The second kappa shape index (κ2) is 10.1. The SMILES string of the molecule is C[SiH2]c1cc([SiH2]C)cc(C2=CC(C)=C3C2=CC(C)=C3S(=O)(=O)O)c1.[Cl-].[Cl-].[Zr+2]. The van der Waals surface area contributed by atoms with Crippen molar-refractivity contribution in [3.8, 4) is 0 Å². The number of fused-ring (bicyclic) bond motifs is 1. The van der Waals surface area contributed by atoms with Gasteiger partial charge < -0.3 is 24.8 Å². The number of allylic oxidation sites excluding steroid dienone is 7. The van der Waals surface area contributed by atoms with Crippen molar-refractivity contribution in [3.63, 3.8) is 0 Å². The van der Waals surface area contributed by atoms with Gasteiger partial charge in [-0.2, -0.15) is 8.42 Å². The largest absolute Gasteiger partial charge is 2.00 e. The van der Waals surface area contributed by atoms with Crippen LogP contribution in [0.3, 0.4) is 0 Å². The predicted molar refractivity (Wildman–Crippen MR) is 108 cm³/mol. The Morgan fingerprint density at radius 2 is 1.33 bits per heavy atom. The standard InChI is InChI=1S/C18H22O3SSi2.2ClH.Zr/c1-10-5-15(12-7-13(23-3)9-14(8-12)24-4)16-6-11(2)18(17(10)16)22(19,20)21;;;/h5-9H,23-24H2,1-4H3,(H,19,20,21);2*1H;/q;;;+2/p-2. The summed E-state index contributed by atoms with van der Waals surface area (Å²) in [5.41, 5.74) is 5.36. The molecule has 144 valence electrons. The number of benzene rings is 1. The molecular formula is C18H22Cl2O3SSi2Zr. The summed E-state index contributed by atoms with van der Waals surface area (Å²) in [5, 5.41) is 2.89. The first kappa shape index (κ1) is 27.0. The number of hydrogen-bond donors (Lipinski definition) is 1. The molecule has 0 unspecified atom stereocenters. The minimum Gasteiger partial charge on any atom is -1.00 e. The molecule has 0 heterocycles. The molecule has 2 aliphatic carbocycles. The summed E-state index contributed by atoms with van der Waals surface area (Å²) in [6.07, 6.45) is 3.94. The van der Waals surface area contributed by atoms with Crippen LogP contribution in [0.2, 0.25) is 13.1 Å². The molecule has 0 radical (unpaired) electrons. The van der Waals surface area contributed by atoms with Crippen molar-refractivity contribution < 1.29 is 64.0 Å². The fourth-order valence-corrected chi connectivity index (χ4v) is 6.61. The summed E-state index contributed by atoms with van der Waals surface area (Å²) in [4.78, 5) is 0.0624. The van der Waals surface area contributed by atoms with E-state index in [0.29, 0.717) is 11.1 Å². The Morgan fingerprint density at radius 3 is 1.78 bits per heavy atom. The average molecular weight is 537 g/mol. The van der Waals surface area contributed by atoms with Crippen LogP contribution in [0.25, 0.3) is 5.57 Å². The van der Waals surface area contributed by atoms with E-state index in [9.17, 15) is 13.0 Å². The van der Waals surface area contributed by atoms with Crippen molar-refractivity contribution >= 4 is 45.1 Å². The molecule has 0 spiro atoms. The molecule has 0 saturated carbocycles. The van der Waals surface area contributed by atoms with Crippen LogP contribution in [0.1, 0.15) is 19.4 Å². The van der Waals surface area contributed by atoms with Crippen LogP contribution >= 0.6 is 0 Å². The molecule has 1 aromatic rings. The van der Waals surface area contributed by atoms with Crippen LogP contribution in [0.15, 0.2) is 57.5 Å². The second-order valence-electron chi connectivity index (χ2n) is 6.41. The Kier molecular flexibility index (Phi) is 10.1. The maximum absolute atomic E-state index is 11.8. The average Bonchev–Trinajstić information content (AvgIpc) is 3.02. The predicted octanol–water partition coefficient (Wildman–Crippen LogP) is -4.81. The van der Waals surface area contributed by atoms with Crippen LogP contribution in [0, 0.1) is 0 Å². The summed E-state index contributed by atoms with van der Waals surface area (Å²) < 4.78 is 33.2. The summed E-state index contributed by atoms with van der Waals surface area (Å²) in [5.74, 6) is 0. The van der Waals surface area contributed by atoms with Crippen LogP contribution in [0.4, 0.5) is 0 Å². The molecule has 1 N–H and O–H groups in total. The Bertz CT molecular complexity index is 958. The molecule has 0 aliphatic heterocycles. The van der Waals surface area contributed by atoms with E-state index in [-0.39, 0.29) is 75.0 Å². The first-order chi connectivity index (χ1) is 11.3. The van der Waals surface area contributed by atoms with E-state index in [2.05, 4.69) is 37.4 Å². The topological polar surface area (TPSA) is 54.4 Å². The quantitative estimate of drug-likeness (QED) is 0.311. The summed E-state index contributed by atoms with van der Waals surface area (Å²) in [6, 6.07) is 6.85. The van der Waals surface area contributed by atoms with Crippen LogP contribution < -0.4 is 35.2 Å². The zero-order chi connectivity index (χ0) is 17.6. The Morgan fingerprint density at radius 1 is 0.852 bits per heavy atom. The van der Waals surface area contributed by atoms with E-state index >= 15 is 0 Å².